The van der Waals surface area contributed by atoms with Gasteiger partial charge in [0.1, 0.15) is 6.04 Å². The van der Waals surface area contributed by atoms with E-state index < -0.39 is 6.04 Å². The van der Waals surface area contributed by atoms with E-state index in [1.165, 1.54) is 0 Å². The fourth-order valence-corrected chi connectivity index (χ4v) is 2.17. The van der Waals surface area contributed by atoms with Crippen LogP contribution in [-0.4, -0.2) is 17.6 Å². The summed E-state index contributed by atoms with van der Waals surface area (Å²) in [5.74, 6) is -0.260. The Bertz CT molecular complexity index is 558. The van der Waals surface area contributed by atoms with Gasteiger partial charge in [0.2, 0.25) is 0 Å². The topological polar surface area (TPSA) is 51.2 Å². The number of esters is 1. The Labute approximate surface area is 125 Å². The highest BCUT2D eigenvalue weighted by Gasteiger charge is 2.23. The second kappa shape index (κ2) is 7.55. The third-order valence-corrected chi connectivity index (χ3v) is 3.28. The number of pyridine rings is 1. The Kier molecular flexibility index (Phi) is 5.46. The van der Waals surface area contributed by atoms with E-state index in [9.17, 15) is 4.79 Å². The van der Waals surface area contributed by atoms with Crippen molar-refractivity contribution in [3.63, 3.8) is 0 Å². The lowest BCUT2D eigenvalue weighted by atomic mass is 10.0. The number of aromatic nitrogens is 1. The minimum Gasteiger partial charge on any atom is -0.465 e. The van der Waals surface area contributed by atoms with Crippen molar-refractivity contribution in [1.29, 1.82) is 0 Å². The number of hydrogen-bond acceptors (Lipinski definition) is 4. The zero-order valence-electron chi connectivity index (χ0n) is 12.3. The molecule has 1 unspecified atom stereocenters. The molecule has 2 atom stereocenters. The summed E-state index contributed by atoms with van der Waals surface area (Å²) in [4.78, 5) is 16.2. The molecule has 0 aliphatic heterocycles. The van der Waals surface area contributed by atoms with Crippen molar-refractivity contribution in [3.8, 4) is 0 Å². The van der Waals surface area contributed by atoms with E-state index in [1.807, 2.05) is 56.3 Å². The van der Waals surface area contributed by atoms with Crippen LogP contribution < -0.4 is 5.32 Å². The minimum atomic E-state index is -0.477. The highest BCUT2D eigenvalue weighted by atomic mass is 16.5. The summed E-state index contributed by atoms with van der Waals surface area (Å²) in [6.45, 7) is 4.20. The maximum atomic E-state index is 12.2. The van der Waals surface area contributed by atoms with Crippen molar-refractivity contribution in [2.75, 3.05) is 6.61 Å². The van der Waals surface area contributed by atoms with Gasteiger partial charge in [-0.05, 0) is 37.1 Å². The first kappa shape index (κ1) is 15.2. The number of hydrogen-bond donors (Lipinski definition) is 1. The van der Waals surface area contributed by atoms with Crippen molar-refractivity contribution in [2.24, 2.45) is 0 Å². The summed E-state index contributed by atoms with van der Waals surface area (Å²) in [5, 5.41) is 3.33. The number of rotatable bonds is 6. The third-order valence-electron chi connectivity index (χ3n) is 3.28. The molecule has 1 aromatic heterocycles. The standard InChI is InChI=1S/C17H20N2O2/c1-3-21-17(20)16(15-7-5-4-6-8-15)19-13(2)14-9-11-18-12-10-14/h4-13,16,19H,3H2,1-2H3/t13-,16?/m1/s1. The summed E-state index contributed by atoms with van der Waals surface area (Å²) in [6, 6.07) is 13.0. The van der Waals surface area contributed by atoms with Gasteiger partial charge in [-0.3, -0.25) is 10.3 Å². The number of benzene rings is 1. The Hall–Kier alpha value is -2.20. The van der Waals surface area contributed by atoms with Crippen LogP contribution in [0.1, 0.15) is 37.1 Å². The van der Waals surface area contributed by atoms with Crippen LogP contribution in [0.4, 0.5) is 0 Å². The normalized spacial score (nSPS) is 13.4. The molecular formula is C17H20N2O2. The molecular weight excluding hydrogens is 264 g/mol. The van der Waals surface area contributed by atoms with Gasteiger partial charge in [-0.2, -0.15) is 0 Å². The molecule has 0 radical (unpaired) electrons. The van der Waals surface area contributed by atoms with Crippen LogP contribution in [0.15, 0.2) is 54.9 Å². The van der Waals surface area contributed by atoms with Crippen LogP contribution >= 0.6 is 0 Å². The predicted molar refractivity (Wildman–Crippen MR) is 81.6 cm³/mol. The molecule has 4 heteroatoms. The van der Waals surface area contributed by atoms with Gasteiger partial charge >= 0.3 is 5.97 Å². The van der Waals surface area contributed by atoms with Gasteiger partial charge in [-0.1, -0.05) is 30.3 Å². The van der Waals surface area contributed by atoms with E-state index in [0.717, 1.165) is 11.1 Å². The van der Waals surface area contributed by atoms with Gasteiger partial charge in [-0.25, -0.2) is 4.79 Å². The number of carbonyl (C=O) groups is 1. The first-order valence-electron chi connectivity index (χ1n) is 7.10. The predicted octanol–water partition coefficient (Wildman–Crippen LogP) is 3.04. The van der Waals surface area contributed by atoms with Crippen LogP contribution in [0.25, 0.3) is 0 Å². The molecule has 0 saturated carbocycles. The largest absolute Gasteiger partial charge is 0.465 e. The summed E-state index contributed by atoms with van der Waals surface area (Å²) in [7, 11) is 0. The second-order valence-electron chi connectivity index (χ2n) is 4.76. The lowest BCUT2D eigenvalue weighted by Gasteiger charge is -2.22. The van der Waals surface area contributed by atoms with Crippen LogP contribution in [-0.2, 0) is 9.53 Å². The SMILES string of the molecule is CCOC(=O)C(N[C@H](C)c1ccncc1)c1ccccc1. The summed E-state index contributed by atoms with van der Waals surface area (Å²) < 4.78 is 5.18. The van der Waals surface area contributed by atoms with E-state index in [4.69, 9.17) is 4.74 Å². The molecule has 2 aromatic rings. The molecule has 110 valence electrons. The van der Waals surface area contributed by atoms with Crippen molar-refractivity contribution in [1.82, 2.24) is 10.3 Å². The molecule has 4 nitrogen and oxygen atoms in total. The molecule has 0 aliphatic rings. The summed E-state index contributed by atoms with van der Waals surface area (Å²) in [5.41, 5.74) is 1.98. The second-order valence-corrected chi connectivity index (χ2v) is 4.76. The van der Waals surface area contributed by atoms with Crippen LogP contribution in [0, 0.1) is 0 Å². The summed E-state index contributed by atoms with van der Waals surface area (Å²) >= 11 is 0. The lowest BCUT2D eigenvalue weighted by Crippen LogP contribution is -2.32. The highest BCUT2D eigenvalue weighted by molar-refractivity contribution is 5.77. The van der Waals surface area contributed by atoms with Crippen LogP contribution in [0.3, 0.4) is 0 Å². The maximum absolute atomic E-state index is 12.2. The molecule has 1 heterocycles. The molecule has 0 saturated heterocycles. The zero-order chi connectivity index (χ0) is 15.1. The maximum Gasteiger partial charge on any atom is 0.327 e. The Balaban J connectivity index is 2.18. The van der Waals surface area contributed by atoms with Crippen molar-refractivity contribution >= 4 is 5.97 Å². The van der Waals surface area contributed by atoms with E-state index in [2.05, 4.69) is 10.3 Å². The Morgan fingerprint density at radius 3 is 2.43 bits per heavy atom. The van der Waals surface area contributed by atoms with Crippen molar-refractivity contribution in [2.45, 2.75) is 25.9 Å². The molecule has 1 aromatic carbocycles. The molecule has 1 N–H and O–H groups in total. The lowest BCUT2D eigenvalue weighted by molar-refractivity contribution is -0.146. The van der Waals surface area contributed by atoms with Gasteiger partial charge < -0.3 is 4.74 Å². The zero-order valence-corrected chi connectivity index (χ0v) is 12.3. The van der Waals surface area contributed by atoms with Crippen LogP contribution in [0.5, 0.6) is 0 Å². The first-order chi connectivity index (χ1) is 10.2. The fraction of sp³-hybridized carbons (Fsp3) is 0.294. The molecule has 0 fully saturated rings. The molecule has 0 amide bonds. The number of ether oxygens (including phenoxy) is 1. The highest BCUT2D eigenvalue weighted by Crippen LogP contribution is 2.20. The van der Waals surface area contributed by atoms with E-state index in [0.29, 0.717) is 6.61 Å². The van der Waals surface area contributed by atoms with Gasteiger partial charge in [0.15, 0.2) is 0 Å². The molecule has 0 bridgehead atoms. The van der Waals surface area contributed by atoms with E-state index >= 15 is 0 Å². The quantitative estimate of drug-likeness (QED) is 0.828. The molecule has 2 rings (SSSR count). The molecule has 0 spiro atoms. The average molecular weight is 284 g/mol. The Morgan fingerprint density at radius 1 is 1.14 bits per heavy atom. The fourth-order valence-electron chi connectivity index (χ4n) is 2.17. The Morgan fingerprint density at radius 2 is 1.81 bits per heavy atom. The average Bonchev–Trinajstić information content (AvgIpc) is 2.54. The number of nitrogens with one attached hydrogen (secondary N) is 1. The van der Waals surface area contributed by atoms with Gasteiger partial charge in [0, 0.05) is 18.4 Å². The smallest absolute Gasteiger partial charge is 0.327 e. The third kappa shape index (κ3) is 4.13. The van der Waals surface area contributed by atoms with Crippen LogP contribution in [0.2, 0.25) is 0 Å². The monoisotopic (exact) mass is 284 g/mol. The van der Waals surface area contributed by atoms with E-state index in [-0.39, 0.29) is 12.0 Å². The minimum absolute atomic E-state index is 0.0163. The molecule has 0 aliphatic carbocycles. The molecule has 21 heavy (non-hydrogen) atoms. The summed E-state index contributed by atoms with van der Waals surface area (Å²) in [6.07, 6.45) is 3.49. The van der Waals surface area contributed by atoms with Gasteiger partial charge in [-0.15, -0.1) is 0 Å². The van der Waals surface area contributed by atoms with Gasteiger partial charge in [0.25, 0.3) is 0 Å². The first-order valence-corrected chi connectivity index (χ1v) is 7.10. The van der Waals surface area contributed by atoms with Gasteiger partial charge in [0.05, 0.1) is 6.61 Å². The van der Waals surface area contributed by atoms with Crippen molar-refractivity contribution < 1.29 is 9.53 Å². The van der Waals surface area contributed by atoms with Crippen molar-refractivity contribution in [3.05, 3.63) is 66.0 Å². The number of carbonyl (C=O) groups excluding carboxylic acids is 1. The van der Waals surface area contributed by atoms with E-state index in [1.54, 1.807) is 12.4 Å². The number of nitrogens with zero attached hydrogens (tertiary/aromatic N) is 1.